The van der Waals surface area contributed by atoms with E-state index < -0.39 is 17.6 Å². The lowest BCUT2D eigenvalue weighted by atomic mass is 9.95. The van der Waals surface area contributed by atoms with E-state index in [9.17, 15) is 14.4 Å². The van der Waals surface area contributed by atoms with E-state index in [4.69, 9.17) is 9.15 Å². The third-order valence-corrected chi connectivity index (χ3v) is 5.84. The maximum absolute atomic E-state index is 12.6. The van der Waals surface area contributed by atoms with E-state index in [1.165, 1.54) is 22.1 Å². The van der Waals surface area contributed by atoms with Crippen molar-refractivity contribution in [2.24, 2.45) is 0 Å². The van der Waals surface area contributed by atoms with E-state index in [0.29, 0.717) is 21.8 Å². The molecular weight excluding hydrogens is 382 g/mol. The summed E-state index contributed by atoms with van der Waals surface area (Å²) in [5.41, 5.74) is 2.04. The Morgan fingerprint density at radius 2 is 2.18 bits per heavy atom. The van der Waals surface area contributed by atoms with Gasteiger partial charge in [-0.3, -0.25) is 4.79 Å². The van der Waals surface area contributed by atoms with Crippen molar-refractivity contribution >= 4 is 39.4 Å². The third kappa shape index (κ3) is 3.33. The lowest BCUT2D eigenvalue weighted by Gasteiger charge is -2.12. The molecule has 3 aromatic heterocycles. The van der Waals surface area contributed by atoms with Crippen LogP contribution in [-0.4, -0.2) is 28.0 Å². The maximum atomic E-state index is 12.6. The Bertz CT molecular complexity index is 1110. The number of esters is 1. The topological polar surface area (TPSA) is 103 Å². The van der Waals surface area contributed by atoms with E-state index >= 15 is 0 Å². The average Bonchev–Trinajstić information content (AvgIpc) is 3.19. The highest BCUT2D eigenvalue weighted by Crippen LogP contribution is 2.38. The normalized spacial score (nSPS) is 13.3. The number of fused-ring (bicyclic) bond motifs is 2. The molecule has 0 unspecified atom stereocenters. The molecule has 1 N–H and O–H groups in total. The summed E-state index contributed by atoms with van der Waals surface area (Å²) in [6.45, 7) is 1.75. The number of hydrogen-bond acceptors (Lipinski definition) is 7. The molecule has 0 spiro atoms. The van der Waals surface area contributed by atoms with Crippen LogP contribution in [0.15, 0.2) is 27.5 Å². The third-order valence-electron chi connectivity index (χ3n) is 4.63. The fourth-order valence-electron chi connectivity index (χ4n) is 3.42. The number of carbonyl (C=O) groups is 2. The first kappa shape index (κ1) is 18.4. The summed E-state index contributed by atoms with van der Waals surface area (Å²) < 4.78 is 11.5. The summed E-state index contributed by atoms with van der Waals surface area (Å²) in [5.74, 6) is -1.51. The largest absolute Gasteiger partial charge is 0.462 e. The van der Waals surface area contributed by atoms with Crippen LogP contribution in [0.2, 0.25) is 0 Å². The number of nitrogens with one attached hydrogen (secondary N) is 1. The van der Waals surface area contributed by atoms with Gasteiger partial charge in [0.05, 0.1) is 12.2 Å². The fourth-order valence-corrected chi connectivity index (χ4v) is 4.72. The predicted octanol–water partition coefficient (Wildman–Crippen LogP) is 2.75. The van der Waals surface area contributed by atoms with Gasteiger partial charge in [-0.25, -0.2) is 19.1 Å². The zero-order chi connectivity index (χ0) is 19.7. The number of anilines is 1. The molecule has 28 heavy (non-hydrogen) atoms. The number of aromatic nitrogens is 2. The summed E-state index contributed by atoms with van der Waals surface area (Å²) in [6, 6.07) is 3.27. The molecule has 0 saturated carbocycles. The van der Waals surface area contributed by atoms with Crippen molar-refractivity contribution in [2.45, 2.75) is 39.2 Å². The molecule has 0 radical (unpaired) electrons. The summed E-state index contributed by atoms with van der Waals surface area (Å²) in [7, 11) is 0. The number of ether oxygens (including phenoxy) is 1. The Labute approximate surface area is 164 Å². The van der Waals surface area contributed by atoms with Crippen LogP contribution >= 0.6 is 11.3 Å². The first-order valence-corrected chi connectivity index (χ1v) is 9.96. The van der Waals surface area contributed by atoms with Crippen LogP contribution in [-0.2, 0) is 28.9 Å². The van der Waals surface area contributed by atoms with Crippen molar-refractivity contribution in [1.82, 2.24) is 9.55 Å². The fraction of sp³-hybridized carbons (Fsp3) is 0.368. The molecule has 9 heteroatoms. The molecule has 146 valence electrons. The predicted molar refractivity (Wildman–Crippen MR) is 104 cm³/mol. The van der Waals surface area contributed by atoms with Crippen LogP contribution in [0.1, 0.15) is 40.6 Å². The Morgan fingerprint density at radius 3 is 3.00 bits per heavy atom. The minimum atomic E-state index is -0.653. The minimum absolute atomic E-state index is 0.256. The smallest absolute Gasteiger partial charge is 0.421 e. The van der Waals surface area contributed by atoms with Gasteiger partial charge in [-0.15, -0.1) is 11.3 Å². The number of hydrogen-bond donors (Lipinski definition) is 1. The zero-order valence-corrected chi connectivity index (χ0v) is 16.1. The van der Waals surface area contributed by atoms with Gasteiger partial charge in [-0.1, -0.05) is 0 Å². The van der Waals surface area contributed by atoms with Gasteiger partial charge in [0, 0.05) is 11.1 Å². The Hall–Kier alpha value is -2.94. The van der Waals surface area contributed by atoms with E-state index in [1.54, 1.807) is 19.1 Å². The number of nitrogens with zero attached hydrogens (tertiary/aromatic N) is 2. The molecule has 0 fully saturated rings. The number of amides is 1. The highest BCUT2D eigenvalue weighted by Gasteiger charge is 2.27. The number of carbonyl (C=O) groups excluding carboxylic acids is 2. The highest BCUT2D eigenvalue weighted by atomic mass is 32.1. The number of pyridine rings is 1. The number of rotatable bonds is 5. The van der Waals surface area contributed by atoms with Crippen LogP contribution in [0.25, 0.3) is 11.2 Å². The SMILES string of the molecule is CCOC(=O)c1c(NC(=O)Cn2c(=O)oc3cccnc32)sc2c1CCCC2. The first-order chi connectivity index (χ1) is 13.6. The van der Waals surface area contributed by atoms with Gasteiger partial charge in [0.2, 0.25) is 5.91 Å². The van der Waals surface area contributed by atoms with Crippen molar-refractivity contribution in [3.63, 3.8) is 0 Å². The number of oxazole rings is 1. The van der Waals surface area contributed by atoms with Crippen LogP contribution in [0.5, 0.6) is 0 Å². The average molecular weight is 401 g/mol. The van der Waals surface area contributed by atoms with Gasteiger partial charge < -0.3 is 14.5 Å². The molecule has 1 amide bonds. The van der Waals surface area contributed by atoms with Crippen molar-refractivity contribution in [3.8, 4) is 0 Å². The highest BCUT2D eigenvalue weighted by molar-refractivity contribution is 7.17. The molecule has 0 aromatic carbocycles. The molecule has 0 atom stereocenters. The van der Waals surface area contributed by atoms with E-state index in [-0.39, 0.29) is 13.2 Å². The molecule has 8 nitrogen and oxygen atoms in total. The van der Waals surface area contributed by atoms with Crippen LogP contribution < -0.4 is 11.1 Å². The molecule has 4 rings (SSSR count). The Kier molecular flexibility index (Phi) is 4.99. The zero-order valence-electron chi connectivity index (χ0n) is 15.3. The van der Waals surface area contributed by atoms with Gasteiger partial charge >= 0.3 is 11.7 Å². The standard InChI is InChI=1S/C19H19N3O5S/c1-2-26-18(24)15-11-6-3-4-8-13(11)28-17(15)21-14(23)10-22-16-12(27-19(22)25)7-5-9-20-16/h5,7,9H,2-4,6,8,10H2,1H3,(H,21,23). The summed E-state index contributed by atoms with van der Waals surface area (Å²) in [5, 5.41) is 3.26. The van der Waals surface area contributed by atoms with Gasteiger partial charge in [0.25, 0.3) is 0 Å². The van der Waals surface area contributed by atoms with Crippen LogP contribution in [0, 0.1) is 0 Å². The monoisotopic (exact) mass is 401 g/mol. The van der Waals surface area contributed by atoms with Gasteiger partial charge in [0.1, 0.15) is 11.5 Å². The van der Waals surface area contributed by atoms with Crippen molar-refractivity contribution in [3.05, 3.63) is 44.9 Å². The first-order valence-electron chi connectivity index (χ1n) is 9.14. The second-order valence-electron chi connectivity index (χ2n) is 6.46. The summed E-state index contributed by atoms with van der Waals surface area (Å²) >= 11 is 1.41. The minimum Gasteiger partial charge on any atom is -0.462 e. The van der Waals surface area contributed by atoms with Crippen LogP contribution in [0.4, 0.5) is 5.00 Å². The van der Waals surface area contributed by atoms with E-state index in [0.717, 1.165) is 36.1 Å². The Morgan fingerprint density at radius 1 is 1.36 bits per heavy atom. The summed E-state index contributed by atoms with van der Waals surface area (Å²) in [4.78, 5) is 42.4. The second kappa shape index (κ2) is 7.59. The van der Waals surface area contributed by atoms with Gasteiger partial charge in [-0.05, 0) is 50.3 Å². The molecule has 3 heterocycles. The van der Waals surface area contributed by atoms with Crippen molar-refractivity contribution in [1.29, 1.82) is 0 Å². The number of thiophene rings is 1. The van der Waals surface area contributed by atoms with Crippen molar-refractivity contribution in [2.75, 3.05) is 11.9 Å². The van der Waals surface area contributed by atoms with E-state index in [2.05, 4.69) is 10.3 Å². The van der Waals surface area contributed by atoms with Gasteiger partial charge in [0.15, 0.2) is 11.2 Å². The molecule has 3 aromatic rings. The number of aryl methyl sites for hydroxylation is 1. The molecule has 1 aliphatic rings. The second-order valence-corrected chi connectivity index (χ2v) is 7.57. The lowest BCUT2D eigenvalue weighted by molar-refractivity contribution is -0.116. The van der Waals surface area contributed by atoms with Gasteiger partial charge in [-0.2, -0.15) is 0 Å². The molecule has 0 saturated heterocycles. The quantitative estimate of drug-likeness (QED) is 0.660. The van der Waals surface area contributed by atoms with Crippen LogP contribution in [0.3, 0.4) is 0 Å². The van der Waals surface area contributed by atoms with E-state index in [1.807, 2.05) is 0 Å². The van der Waals surface area contributed by atoms with Crippen molar-refractivity contribution < 1.29 is 18.7 Å². The summed E-state index contributed by atoms with van der Waals surface area (Å²) in [6.07, 6.45) is 5.28. The molecule has 0 bridgehead atoms. The molecule has 1 aliphatic carbocycles. The molecular formula is C19H19N3O5S. The lowest BCUT2D eigenvalue weighted by Crippen LogP contribution is -2.25. The molecule has 0 aliphatic heterocycles. The maximum Gasteiger partial charge on any atom is 0.421 e. The Balaban J connectivity index is 1.62.